The van der Waals surface area contributed by atoms with Gasteiger partial charge in [0.1, 0.15) is 5.54 Å². The number of ether oxygens (including phenoxy) is 2. The van der Waals surface area contributed by atoms with E-state index in [0.717, 1.165) is 5.56 Å². The first kappa shape index (κ1) is 13.1. The summed E-state index contributed by atoms with van der Waals surface area (Å²) in [7, 11) is 0. The van der Waals surface area contributed by atoms with Gasteiger partial charge in [0.15, 0.2) is 0 Å². The minimum absolute atomic E-state index is 0.0836. The van der Waals surface area contributed by atoms with Crippen LogP contribution in [0.1, 0.15) is 18.9 Å². The molecule has 2 N–H and O–H groups in total. The van der Waals surface area contributed by atoms with Crippen LogP contribution in [0.2, 0.25) is 0 Å². The molecule has 4 heteroatoms. The Balaban J connectivity index is 1.72. The highest BCUT2D eigenvalue weighted by molar-refractivity contribution is 5.84. The first-order chi connectivity index (χ1) is 8.66. The molecule has 2 unspecified atom stereocenters. The van der Waals surface area contributed by atoms with Crippen LogP contribution in [-0.2, 0) is 20.9 Å². The molecule has 0 spiro atoms. The van der Waals surface area contributed by atoms with Crippen molar-refractivity contribution >= 4 is 5.97 Å². The zero-order valence-corrected chi connectivity index (χ0v) is 10.6. The normalized spacial score (nSPS) is 25.8. The smallest absolute Gasteiger partial charge is 0.326 e. The van der Waals surface area contributed by atoms with Gasteiger partial charge in [0.25, 0.3) is 0 Å². The molecule has 4 nitrogen and oxygen atoms in total. The molecule has 1 aromatic carbocycles. The molecule has 98 valence electrons. The fourth-order valence-electron chi connectivity index (χ4n) is 1.97. The first-order valence-electron chi connectivity index (χ1n) is 6.24. The summed E-state index contributed by atoms with van der Waals surface area (Å²) in [6.07, 6.45) is 0.653. The van der Waals surface area contributed by atoms with Crippen LogP contribution in [0.3, 0.4) is 0 Å². The lowest BCUT2D eigenvalue weighted by Crippen LogP contribution is -2.38. The van der Waals surface area contributed by atoms with Gasteiger partial charge in [-0.05, 0) is 18.9 Å². The molecule has 0 heterocycles. The highest BCUT2D eigenvalue weighted by Gasteiger charge is 2.58. The zero-order chi connectivity index (χ0) is 13.0. The van der Waals surface area contributed by atoms with Crippen molar-refractivity contribution in [2.45, 2.75) is 25.5 Å². The van der Waals surface area contributed by atoms with Crippen LogP contribution in [0.4, 0.5) is 0 Å². The lowest BCUT2D eigenvalue weighted by Gasteiger charge is -2.10. The summed E-state index contributed by atoms with van der Waals surface area (Å²) < 4.78 is 10.5. The lowest BCUT2D eigenvalue weighted by molar-refractivity contribution is -0.146. The van der Waals surface area contributed by atoms with E-state index in [1.165, 1.54) is 0 Å². The van der Waals surface area contributed by atoms with Gasteiger partial charge in [-0.1, -0.05) is 30.3 Å². The summed E-state index contributed by atoms with van der Waals surface area (Å²) in [5.41, 5.74) is 6.25. The highest BCUT2D eigenvalue weighted by atomic mass is 16.5. The third-order valence-corrected chi connectivity index (χ3v) is 3.24. The Morgan fingerprint density at radius 3 is 2.83 bits per heavy atom. The van der Waals surface area contributed by atoms with E-state index in [4.69, 9.17) is 15.2 Å². The summed E-state index contributed by atoms with van der Waals surface area (Å²) in [5.74, 6) is -0.224. The number of hydrogen-bond donors (Lipinski definition) is 1. The Morgan fingerprint density at radius 2 is 2.17 bits per heavy atom. The molecular weight excluding hydrogens is 230 g/mol. The topological polar surface area (TPSA) is 61.5 Å². The quantitative estimate of drug-likeness (QED) is 0.776. The van der Waals surface area contributed by atoms with Crippen molar-refractivity contribution in [1.29, 1.82) is 0 Å². The van der Waals surface area contributed by atoms with Crippen LogP contribution in [-0.4, -0.2) is 24.7 Å². The zero-order valence-electron chi connectivity index (χ0n) is 10.6. The predicted octanol–water partition coefficient (Wildman–Crippen LogP) is 1.48. The largest absolute Gasteiger partial charge is 0.465 e. The van der Waals surface area contributed by atoms with Crippen molar-refractivity contribution in [1.82, 2.24) is 0 Å². The van der Waals surface area contributed by atoms with Crippen LogP contribution >= 0.6 is 0 Å². The van der Waals surface area contributed by atoms with Crippen LogP contribution in [0.25, 0.3) is 0 Å². The molecule has 2 atom stereocenters. The Labute approximate surface area is 107 Å². The van der Waals surface area contributed by atoms with Gasteiger partial charge in [-0.15, -0.1) is 0 Å². The molecule has 1 aromatic rings. The second kappa shape index (κ2) is 5.50. The van der Waals surface area contributed by atoms with E-state index in [0.29, 0.717) is 26.2 Å². The third-order valence-electron chi connectivity index (χ3n) is 3.24. The molecule has 0 amide bonds. The number of hydrogen-bond acceptors (Lipinski definition) is 4. The molecule has 0 bridgehead atoms. The third kappa shape index (κ3) is 2.89. The number of benzene rings is 1. The molecule has 0 saturated heterocycles. The monoisotopic (exact) mass is 249 g/mol. The van der Waals surface area contributed by atoms with Crippen LogP contribution in [0.5, 0.6) is 0 Å². The fourth-order valence-corrected chi connectivity index (χ4v) is 1.97. The fraction of sp³-hybridized carbons (Fsp3) is 0.500. The average Bonchev–Trinajstić information content (AvgIpc) is 3.04. The van der Waals surface area contributed by atoms with Crippen molar-refractivity contribution in [2.75, 3.05) is 13.2 Å². The van der Waals surface area contributed by atoms with Crippen molar-refractivity contribution in [3.63, 3.8) is 0 Å². The number of rotatable bonds is 6. The molecule has 1 saturated carbocycles. The Morgan fingerprint density at radius 1 is 1.44 bits per heavy atom. The number of carbonyl (C=O) groups is 1. The Hall–Kier alpha value is -1.39. The maximum Gasteiger partial charge on any atom is 0.326 e. The standard InChI is InChI=1S/C14H19NO3/c1-2-18-13(16)14(15)8-12(14)10-17-9-11-6-4-3-5-7-11/h3-7,12H,2,8-10,15H2,1H3. The van der Waals surface area contributed by atoms with E-state index in [9.17, 15) is 4.79 Å². The van der Waals surface area contributed by atoms with Crippen LogP contribution in [0, 0.1) is 5.92 Å². The van der Waals surface area contributed by atoms with Crippen LogP contribution in [0.15, 0.2) is 30.3 Å². The Kier molecular flexibility index (Phi) is 3.99. The molecule has 18 heavy (non-hydrogen) atoms. The van der Waals surface area contributed by atoms with E-state index < -0.39 is 5.54 Å². The number of esters is 1. The van der Waals surface area contributed by atoms with Crippen molar-refractivity contribution in [3.8, 4) is 0 Å². The lowest BCUT2D eigenvalue weighted by atomic mass is 10.2. The van der Waals surface area contributed by atoms with Gasteiger partial charge in [-0.2, -0.15) is 0 Å². The van der Waals surface area contributed by atoms with Crippen molar-refractivity contribution in [3.05, 3.63) is 35.9 Å². The average molecular weight is 249 g/mol. The maximum atomic E-state index is 11.6. The molecule has 0 aromatic heterocycles. The van der Waals surface area contributed by atoms with Gasteiger partial charge in [-0.3, -0.25) is 4.79 Å². The Bertz CT molecular complexity index is 407. The SMILES string of the molecule is CCOC(=O)C1(N)CC1COCc1ccccc1. The molecule has 1 aliphatic rings. The molecule has 0 radical (unpaired) electrons. The first-order valence-corrected chi connectivity index (χ1v) is 6.24. The van der Waals surface area contributed by atoms with Gasteiger partial charge in [0.2, 0.25) is 0 Å². The molecule has 1 fully saturated rings. The van der Waals surface area contributed by atoms with E-state index in [-0.39, 0.29) is 11.9 Å². The van der Waals surface area contributed by atoms with Gasteiger partial charge in [0, 0.05) is 5.92 Å². The summed E-state index contributed by atoms with van der Waals surface area (Å²) >= 11 is 0. The van der Waals surface area contributed by atoms with Gasteiger partial charge >= 0.3 is 5.97 Å². The minimum Gasteiger partial charge on any atom is -0.465 e. The van der Waals surface area contributed by atoms with Crippen molar-refractivity contribution in [2.24, 2.45) is 11.7 Å². The molecule has 1 aliphatic carbocycles. The van der Waals surface area contributed by atoms with Gasteiger partial charge in [0.05, 0.1) is 19.8 Å². The summed E-state index contributed by atoms with van der Waals surface area (Å²) in [4.78, 5) is 11.6. The van der Waals surface area contributed by atoms with E-state index >= 15 is 0 Å². The predicted molar refractivity (Wildman–Crippen MR) is 67.8 cm³/mol. The maximum absolute atomic E-state index is 11.6. The second-order valence-electron chi connectivity index (χ2n) is 4.66. The van der Waals surface area contributed by atoms with E-state index in [1.54, 1.807) is 6.92 Å². The van der Waals surface area contributed by atoms with Crippen molar-refractivity contribution < 1.29 is 14.3 Å². The molecule has 0 aliphatic heterocycles. The number of carbonyl (C=O) groups excluding carboxylic acids is 1. The highest BCUT2D eigenvalue weighted by Crippen LogP contribution is 2.42. The van der Waals surface area contributed by atoms with E-state index in [1.807, 2.05) is 30.3 Å². The minimum atomic E-state index is -0.813. The second-order valence-corrected chi connectivity index (χ2v) is 4.66. The van der Waals surface area contributed by atoms with Gasteiger partial charge in [-0.25, -0.2) is 0 Å². The summed E-state index contributed by atoms with van der Waals surface area (Å²) in [6.45, 7) is 3.21. The molecule has 2 rings (SSSR count). The van der Waals surface area contributed by atoms with Gasteiger partial charge < -0.3 is 15.2 Å². The summed E-state index contributed by atoms with van der Waals surface area (Å²) in [5, 5.41) is 0. The number of nitrogens with two attached hydrogens (primary N) is 1. The van der Waals surface area contributed by atoms with Crippen LogP contribution < -0.4 is 5.73 Å². The molecular formula is C14H19NO3. The van der Waals surface area contributed by atoms with E-state index in [2.05, 4.69) is 0 Å². The summed E-state index contributed by atoms with van der Waals surface area (Å²) in [6, 6.07) is 9.93.